The van der Waals surface area contributed by atoms with E-state index < -0.39 is 11.0 Å². The molecular weight excluding hydrogens is 310 g/mol. The first kappa shape index (κ1) is 17.4. The Hall–Kier alpha value is -2.93. The number of rotatable bonds is 8. The maximum Gasteiger partial charge on any atom is 0.292 e. The molecule has 1 atom stereocenters. The van der Waals surface area contributed by atoms with E-state index in [1.165, 1.54) is 12.1 Å². The molecule has 0 saturated heterocycles. The fourth-order valence-electron chi connectivity index (χ4n) is 2.21. The van der Waals surface area contributed by atoms with Crippen molar-refractivity contribution in [2.75, 3.05) is 18.4 Å². The number of amides is 1. The highest BCUT2D eigenvalue weighted by atomic mass is 16.6. The third-order valence-electron chi connectivity index (χ3n) is 3.39. The van der Waals surface area contributed by atoms with Crippen molar-refractivity contribution in [3.8, 4) is 0 Å². The molecule has 0 radical (unpaired) electrons. The zero-order valence-corrected chi connectivity index (χ0v) is 13.0. The van der Waals surface area contributed by atoms with Crippen LogP contribution in [0.4, 0.5) is 11.4 Å². The van der Waals surface area contributed by atoms with E-state index in [0.717, 1.165) is 5.56 Å². The number of aliphatic hydroxyl groups is 1. The lowest BCUT2D eigenvalue weighted by atomic mass is 10.1. The highest BCUT2D eigenvalue weighted by Gasteiger charge is 2.13. The largest absolute Gasteiger partial charge is 0.391 e. The quantitative estimate of drug-likeness (QED) is 0.505. The number of benzene rings is 2. The van der Waals surface area contributed by atoms with Crippen LogP contribution in [0.25, 0.3) is 0 Å². The van der Waals surface area contributed by atoms with Gasteiger partial charge in [-0.2, -0.15) is 0 Å². The molecule has 126 valence electrons. The summed E-state index contributed by atoms with van der Waals surface area (Å²) >= 11 is 0. The fourth-order valence-corrected chi connectivity index (χ4v) is 2.21. The van der Waals surface area contributed by atoms with Gasteiger partial charge in [0.2, 0.25) is 5.91 Å². The molecular formula is C17H19N3O4. The summed E-state index contributed by atoms with van der Waals surface area (Å²) in [4.78, 5) is 22.2. The van der Waals surface area contributed by atoms with Crippen molar-refractivity contribution in [2.45, 2.75) is 12.5 Å². The monoisotopic (exact) mass is 329 g/mol. The highest BCUT2D eigenvalue weighted by Crippen LogP contribution is 2.22. The molecule has 0 bridgehead atoms. The summed E-state index contributed by atoms with van der Waals surface area (Å²) in [5.41, 5.74) is 1.18. The van der Waals surface area contributed by atoms with Gasteiger partial charge in [0.1, 0.15) is 5.69 Å². The molecule has 0 aliphatic rings. The normalized spacial score (nSPS) is 11.5. The van der Waals surface area contributed by atoms with Gasteiger partial charge in [-0.1, -0.05) is 42.5 Å². The third-order valence-corrected chi connectivity index (χ3v) is 3.39. The van der Waals surface area contributed by atoms with Gasteiger partial charge < -0.3 is 15.7 Å². The van der Waals surface area contributed by atoms with Gasteiger partial charge >= 0.3 is 0 Å². The number of nitrogens with one attached hydrogen (secondary N) is 2. The summed E-state index contributed by atoms with van der Waals surface area (Å²) < 4.78 is 0. The Morgan fingerprint density at radius 2 is 1.79 bits per heavy atom. The van der Waals surface area contributed by atoms with Crippen molar-refractivity contribution < 1.29 is 14.8 Å². The molecule has 0 unspecified atom stereocenters. The Morgan fingerprint density at radius 3 is 2.50 bits per heavy atom. The van der Waals surface area contributed by atoms with Gasteiger partial charge in [0.25, 0.3) is 5.69 Å². The van der Waals surface area contributed by atoms with Gasteiger partial charge in [0.15, 0.2) is 0 Å². The van der Waals surface area contributed by atoms with E-state index in [2.05, 4.69) is 10.6 Å². The van der Waals surface area contributed by atoms with Crippen LogP contribution in [0, 0.1) is 10.1 Å². The second kappa shape index (κ2) is 8.64. The van der Waals surface area contributed by atoms with Crippen LogP contribution in [0.3, 0.4) is 0 Å². The molecule has 24 heavy (non-hydrogen) atoms. The van der Waals surface area contributed by atoms with Crippen LogP contribution in [-0.4, -0.2) is 35.1 Å². The van der Waals surface area contributed by atoms with Gasteiger partial charge in [0, 0.05) is 19.0 Å². The lowest BCUT2D eigenvalue weighted by Crippen LogP contribution is -2.36. The van der Waals surface area contributed by atoms with E-state index in [0.29, 0.717) is 6.42 Å². The van der Waals surface area contributed by atoms with Crippen molar-refractivity contribution in [1.82, 2.24) is 5.32 Å². The van der Waals surface area contributed by atoms with E-state index >= 15 is 0 Å². The minimum Gasteiger partial charge on any atom is -0.391 e. The molecule has 0 heterocycles. The molecule has 2 aromatic rings. The SMILES string of the molecule is O=C(CNc1ccccc1[N+](=O)[O-])NC[C@@H](O)Cc1ccccc1. The Kier molecular flexibility index (Phi) is 6.27. The third kappa shape index (κ3) is 5.36. The second-order valence-corrected chi connectivity index (χ2v) is 5.28. The average Bonchev–Trinajstić information content (AvgIpc) is 2.59. The molecule has 1 amide bonds. The van der Waals surface area contributed by atoms with E-state index in [4.69, 9.17) is 0 Å². The number of nitrogens with zero attached hydrogens (tertiary/aromatic N) is 1. The maximum absolute atomic E-state index is 11.8. The van der Waals surface area contributed by atoms with E-state index in [1.54, 1.807) is 12.1 Å². The van der Waals surface area contributed by atoms with Crippen LogP contribution in [0.15, 0.2) is 54.6 Å². The summed E-state index contributed by atoms with van der Waals surface area (Å²) in [7, 11) is 0. The van der Waals surface area contributed by atoms with Crippen LogP contribution in [-0.2, 0) is 11.2 Å². The van der Waals surface area contributed by atoms with Crippen LogP contribution in [0.5, 0.6) is 0 Å². The van der Waals surface area contributed by atoms with E-state index in [9.17, 15) is 20.0 Å². The van der Waals surface area contributed by atoms with Crippen molar-refractivity contribution in [3.63, 3.8) is 0 Å². The van der Waals surface area contributed by atoms with Crippen molar-refractivity contribution in [1.29, 1.82) is 0 Å². The summed E-state index contributed by atoms with van der Waals surface area (Å²) in [6.07, 6.45) is -0.249. The van der Waals surface area contributed by atoms with Crippen LogP contribution >= 0.6 is 0 Å². The predicted molar refractivity (Wildman–Crippen MR) is 90.7 cm³/mol. The summed E-state index contributed by atoms with van der Waals surface area (Å²) in [6.45, 7) is 0.00913. The Balaban J connectivity index is 1.77. The molecule has 2 rings (SSSR count). The first-order chi connectivity index (χ1) is 11.6. The number of anilines is 1. The number of para-hydroxylation sites is 2. The first-order valence-electron chi connectivity index (χ1n) is 7.52. The van der Waals surface area contributed by atoms with Gasteiger partial charge in [-0.3, -0.25) is 14.9 Å². The van der Waals surface area contributed by atoms with E-state index in [-0.39, 0.29) is 30.4 Å². The van der Waals surface area contributed by atoms with Crippen molar-refractivity contribution >= 4 is 17.3 Å². The number of aliphatic hydroxyl groups excluding tert-OH is 1. The molecule has 0 spiro atoms. The minimum atomic E-state index is -0.692. The minimum absolute atomic E-state index is 0.0885. The predicted octanol–water partition coefficient (Wildman–Crippen LogP) is 1.73. The Labute approximate surface area is 139 Å². The highest BCUT2D eigenvalue weighted by molar-refractivity contribution is 5.81. The van der Waals surface area contributed by atoms with Crippen molar-refractivity contribution in [3.05, 3.63) is 70.3 Å². The first-order valence-corrected chi connectivity index (χ1v) is 7.52. The van der Waals surface area contributed by atoms with E-state index in [1.807, 2.05) is 30.3 Å². The van der Waals surface area contributed by atoms with Gasteiger partial charge in [-0.25, -0.2) is 0 Å². The molecule has 7 heteroatoms. The smallest absolute Gasteiger partial charge is 0.292 e. The molecule has 0 fully saturated rings. The topological polar surface area (TPSA) is 104 Å². The zero-order chi connectivity index (χ0) is 17.4. The van der Waals surface area contributed by atoms with Crippen molar-refractivity contribution in [2.24, 2.45) is 0 Å². The van der Waals surface area contributed by atoms with Gasteiger partial charge in [0.05, 0.1) is 17.6 Å². The summed E-state index contributed by atoms with van der Waals surface area (Å²) in [6, 6.07) is 15.6. The number of hydrogen-bond donors (Lipinski definition) is 3. The standard InChI is InChI=1S/C17H19N3O4/c21-14(10-13-6-2-1-3-7-13)11-19-17(22)12-18-15-8-4-5-9-16(15)20(23)24/h1-9,14,18,21H,10-12H2,(H,19,22)/t14-/m0/s1. The second-order valence-electron chi connectivity index (χ2n) is 5.28. The zero-order valence-electron chi connectivity index (χ0n) is 13.0. The molecule has 0 aliphatic carbocycles. The van der Waals surface area contributed by atoms with Gasteiger partial charge in [-0.15, -0.1) is 0 Å². The fraction of sp³-hybridized carbons (Fsp3) is 0.235. The lowest BCUT2D eigenvalue weighted by Gasteiger charge is -2.12. The average molecular weight is 329 g/mol. The number of nitro groups is 1. The van der Waals surface area contributed by atoms with Crippen LogP contribution < -0.4 is 10.6 Å². The van der Waals surface area contributed by atoms with Gasteiger partial charge in [-0.05, 0) is 11.6 Å². The maximum atomic E-state index is 11.8. The number of carbonyl (C=O) groups excluding carboxylic acids is 1. The molecule has 3 N–H and O–H groups in total. The molecule has 2 aromatic carbocycles. The molecule has 0 aliphatic heterocycles. The Morgan fingerprint density at radius 1 is 1.12 bits per heavy atom. The lowest BCUT2D eigenvalue weighted by molar-refractivity contribution is -0.383. The van der Waals surface area contributed by atoms with Crippen LogP contribution in [0.1, 0.15) is 5.56 Å². The number of hydrogen-bond acceptors (Lipinski definition) is 5. The number of carbonyl (C=O) groups is 1. The molecule has 0 saturated carbocycles. The summed E-state index contributed by atoms with van der Waals surface area (Å²) in [5.74, 6) is -0.347. The Bertz CT molecular complexity index is 691. The number of nitro benzene ring substituents is 1. The summed E-state index contributed by atoms with van der Waals surface area (Å²) in [5, 5.41) is 26.1. The van der Waals surface area contributed by atoms with Crippen LogP contribution in [0.2, 0.25) is 0 Å². The molecule has 7 nitrogen and oxygen atoms in total. The molecule has 0 aromatic heterocycles.